The molecule has 0 bridgehead atoms. The molecule has 0 aromatic heterocycles. The molecule has 2 fully saturated rings. The largest absolute Gasteiger partial charge is 0.486 e. The zero-order valence-corrected chi connectivity index (χ0v) is 19.2. The first kappa shape index (κ1) is 23.4. The van der Waals surface area contributed by atoms with Crippen LogP contribution < -0.4 is 9.47 Å². The van der Waals surface area contributed by atoms with Crippen LogP contribution in [-0.2, 0) is 19.6 Å². The smallest absolute Gasteiger partial charge is 0.243 e. The Labute approximate surface area is 191 Å². The standard InChI is InChI=1S/C21H27N3O8S/c1-14-10-18(25)16(17(14)13-24(27)28)12-21(26)22-4-6-23(7-5-22)33(29,30)15-2-3-19-20(11-15)32-9-8-31-19/h2-3,11,14,16-17H,4-10,12-13H2,1H3/t14-,16-,17-/m1/s1. The number of ether oxygens (including phenoxy) is 2. The second-order valence-corrected chi connectivity index (χ2v) is 10.7. The van der Waals surface area contributed by atoms with E-state index in [9.17, 15) is 28.1 Å². The number of piperazine rings is 1. The number of fused-ring (bicyclic) bond motifs is 1. The number of nitrogens with zero attached hydrogens (tertiary/aromatic N) is 3. The van der Waals surface area contributed by atoms with Gasteiger partial charge in [0.1, 0.15) is 19.0 Å². The molecule has 12 heteroatoms. The minimum atomic E-state index is -3.77. The van der Waals surface area contributed by atoms with Gasteiger partial charge in [0, 0.05) is 61.8 Å². The fraction of sp³-hybridized carbons (Fsp3) is 0.619. The van der Waals surface area contributed by atoms with Crippen LogP contribution in [0.15, 0.2) is 23.1 Å². The predicted octanol–water partition coefficient (Wildman–Crippen LogP) is 0.799. The number of carbonyl (C=O) groups is 2. The van der Waals surface area contributed by atoms with E-state index < -0.39 is 26.8 Å². The monoisotopic (exact) mass is 481 g/mol. The molecule has 0 N–H and O–H groups in total. The number of hydrogen-bond acceptors (Lipinski definition) is 8. The van der Waals surface area contributed by atoms with Crippen molar-refractivity contribution in [3.05, 3.63) is 28.3 Å². The second kappa shape index (κ2) is 9.26. The maximum Gasteiger partial charge on any atom is 0.243 e. The normalized spacial score (nSPS) is 25.8. The van der Waals surface area contributed by atoms with Gasteiger partial charge in [0.05, 0.1) is 4.90 Å². The highest BCUT2D eigenvalue weighted by Gasteiger charge is 2.44. The number of ketones is 1. The van der Waals surface area contributed by atoms with Gasteiger partial charge in [-0.25, -0.2) is 8.42 Å². The number of benzene rings is 1. The molecular formula is C21H27N3O8S. The summed E-state index contributed by atoms with van der Waals surface area (Å²) in [6, 6.07) is 4.49. The maximum absolute atomic E-state index is 13.1. The van der Waals surface area contributed by atoms with Crippen LogP contribution in [0.3, 0.4) is 0 Å². The van der Waals surface area contributed by atoms with Crippen LogP contribution in [0.4, 0.5) is 0 Å². The van der Waals surface area contributed by atoms with E-state index in [1.165, 1.54) is 21.3 Å². The van der Waals surface area contributed by atoms with Crippen LogP contribution in [0.1, 0.15) is 19.8 Å². The molecule has 1 aliphatic carbocycles. The summed E-state index contributed by atoms with van der Waals surface area (Å²) in [7, 11) is -3.77. The van der Waals surface area contributed by atoms with Crippen LogP contribution in [0, 0.1) is 27.9 Å². The van der Waals surface area contributed by atoms with E-state index in [0.29, 0.717) is 24.7 Å². The molecule has 0 radical (unpaired) electrons. The summed E-state index contributed by atoms with van der Waals surface area (Å²) in [6.45, 7) is 2.86. The number of sulfonamides is 1. The first-order valence-electron chi connectivity index (χ1n) is 11.0. The predicted molar refractivity (Wildman–Crippen MR) is 115 cm³/mol. The molecule has 1 aromatic rings. The zero-order chi connectivity index (χ0) is 23.8. The number of amides is 1. The highest BCUT2D eigenvalue weighted by atomic mass is 32.2. The van der Waals surface area contributed by atoms with E-state index >= 15 is 0 Å². The van der Waals surface area contributed by atoms with Gasteiger partial charge in [-0.1, -0.05) is 6.92 Å². The molecule has 2 aliphatic heterocycles. The van der Waals surface area contributed by atoms with E-state index in [-0.39, 0.29) is 68.1 Å². The highest BCUT2D eigenvalue weighted by molar-refractivity contribution is 7.89. The Morgan fingerprint density at radius 3 is 2.48 bits per heavy atom. The molecule has 0 unspecified atom stereocenters. The summed E-state index contributed by atoms with van der Waals surface area (Å²) in [4.78, 5) is 37.4. The number of hydrogen-bond donors (Lipinski definition) is 0. The Morgan fingerprint density at radius 2 is 1.82 bits per heavy atom. The lowest BCUT2D eigenvalue weighted by molar-refractivity contribution is -0.490. The Balaban J connectivity index is 1.37. The molecule has 2 heterocycles. The molecule has 180 valence electrons. The molecule has 1 aromatic carbocycles. The molecule has 1 saturated heterocycles. The molecule has 33 heavy (non-hydrogen) atoms. The van der Waals surface area contributed by atoms with Crippen molar-refractivity contribution in [3.8, 4) is 11.5 Å². The van der Waals surface area contributed by atoms with Crippen molar-refractivity contribution in [2.75, 3.05) is 45.9 Å². The third kappa shape index (κ3) is 4.81. The minimum absolute atomic E-state index is 0.0728. The number of Topliss-reactive ketones (excluding diaryl/α,β-unsaturated/α-hetero) is 1. The summed E-state index contributed by atoms with van der Waals surface area (Å²) >= 11 is 0. The summed E-state index contributed by atoms with van der Waals surface area (Å²) in [5.74, 6) is -0.730. The van der Waals surface area contributed by atoms with Crippen molar-refractivity contribution >= 4 is 21.7 Å². The summed E-state index contributed by atoms with van der Waals surface area (Å²) < 4.78 is 38.4. The van der Waals surface area contributed by atoms with Crippen molar-refractivity contribution in [3.63, 3.8) is 0 Å². The van der Waals surface area contributed by atoms with Crippen LogP contribution in [0.5, 0.6) is 11.5 Å². The molecule has 3 atom stereocenters. The molecule has 3 aliphatic rings. The number of carbonyl (C=O) groups excluding carboxylic acids is 2. The second-order valence-electron chi connectivity index (χ2n) is 8.73. The zero-order valence-electron chi connectivity index (χ0n) is 18.3. The maximum atomic E-state index is 13.1. The van der Waals surface area contributed by atoms with Crippen molar-refractivity contribution < 1.29 is 32.4 Å². The minimum Gasteiger partial charge on any atom is -0.486 e. The Kier molecular flexibility index (Phi) is 6.57. The average Bonchev–Trinajstić information content (AvgIpc) is 3.05. The Bertz CT molecular complexity index is 1050. The molecular weight excluding hydrogens is 454 g/mol. The molecule has 1 saturated carbocycles. The van der Waals surface area contributed by atoms with Crippen molar-refractivity contribution in [2.45, 2.75) is 24.7 Å². The van der Waals surface area contributed by atoms with Gasteiger partial charge in [0.2, 0.25) is 22.5 Å². The number of rotatable bonds is 6. The quantitative estimate of drug-likeness (QED) is 0.430. The third-order valence-electron chi connectivity index (χ3n) is 6.68. The Morgan fingerprint density at radius 1 is 1.15 bits per heavy atom. The summed E-state index contributed by atoms with van der Waals surface area (Å²) in [5.41, 5.74) is 0. The summed E-state index contributed by atoms with van der Waals surface area (Å²) in [6.07, 6.45) is 0.175. The highest BCUT2D eigenvalue weighted by Crippen LogP contribution is 2.37. The molecule has 0 spiro atoms. The third-order valence-corrected chi connectivity index (χ3v) is 8.58. The van der Waals surface area contributed by atoms with Crippen molar-refractivity contribution in [1.29, 1.82) is 0 Å². The van der Waals surface area contributed by atoms with E-state index in [4.69, 9.17) is 9.47 Å². The Hall–Kier alpha value is -2.73. The van der Waals surface area contributed by atoms with Crippen LogP contribution >= 0.6 is 0 Å². The van der Waals surface area contributed by atoms with Gasteiger partial charge in [-0.3, -0.25) is 19.7 Å². The fourth-order valence-electron chi connectivity index (χ4n) is 4.83. The summed E-state index contributed by atoms with van der Waals surface area (Å²) in [5, 5.41) is 11.0. The lowest BCUT2D eigenvalue weighted by Gasteiger charge is -2.34. The van der Waals surface area contributed by atoms with E-state index in [0.717, 1.165) is 0 Å². The fourth-order valence-corrected chi connectivity index (χ4v) is 6.27. The van der Waals surface area contributed by atoms with Crippen molar-refractivity contribution in [1.82, 2.24) is 9.21 Å². The molecule has 4 rings (SSSR count). The first-order valence-corrected chi connectivity index (χ1v) is 12.4. The van der Waals surface area contributed by atoms with E-state index in [1.807, 2.05) is 0 Å². The number of nitro groups is 1. The van der Waals surface area contributed by atoms with Gasteiger partial charge < -0.3 is 14.4 Å². The topological polar surface area (TPSA) is 136 Å². The lowest BCUT2D eigenvalue weighted by Crippen LogP contribution is -2.51. The van der Waals surface area contributed by atoms with Crippen LogP contribution in [0.2, 0.25) is 0 Å². The molecule has 1 amide bonds. The van der Waals surface area contributed by atoms with E-state index in [2.05, 4.69) is 0 Å². The SMILES string of the molecule is C[C@@H]1CC(=O)[C@H](CC(=O)N2CCN(S(=O)(=O)c3ccc4c(c3)OCCO4)CC2)[C@@H]1C[N+](=O)[O-]. The van der Waals surface area contributed by atoms with Crippen molar-refractivity contribution in [2.24, 2.45) is 17.8 Å². The van der Waals surface area contributed by atoms with Gasteiger partial charge in [0.25, 0.3) is 0 Å². The van der Waals surface area contributed by atoms with Crippen LogP contribution in [0.25, 0.3) is 0 Å². The van der Waals surface area contributed by atoms with Gasteiger partial charge in [-0.15, -0.1) is 0 Å². The molecule has 11 nitrogen and oxygen atoms in total. The first-order chi connectivity index (χ1) is 15.7. The van der Waals surface area contributed by atoms with Gasteiger partial charge in [-0.2, -0.15) is 4.31 Å². The van der Waals surface area contributed by atoms with Gasteiger partial charge in [-0.05, 0) is 18.1 Å². The lowest BCUT2D eigenvalue weighted by atomic mass is 9.87. The van der Waals surface area contributed by atoms with E-state index in [1.54, 1.807) is 13.0 Å². The van der Waals surface area contributed by atoms with Gasteiger partial charge >= 0.3 is 0 Å². The van der Waals surface area contributed by atoms with Gasteiger partial charge in [0.15, 0.2) is 11.5 Å². The van der Waals surface area contributed by atoms with Crippen LogP contribution in [-0.4, -0.2) is 80.2 Å². The average molecular weight is 482 g/mol.